The Balaban J connectivity index is 2.03. The van der Waals surface area contributed by atoms with Crippen molar-refractivity contribution >= 4 is 34.8 Å². The second-order valence-corrected chi connectivity index (χ2v) is 6.61. The number of aliphatic carboxylic acids is 1. The zero-order chi connectivity index (χ0) is 14.7. The number of carbonyl (C=O) groups is 2. The van der Waals surface area contributed by atoms with Crippen LogP contribution in [0.3, 0.4) is 0 Å². The molecule has 1 aromatic rings. The van der Waals surface area contributed by atoms with E-state index in [1.807, 2.05) is 25.1 Å². The van der Waals surface area contributed by atoms with E-state index < -0.39 is 17.8 Å². The molecule has 4 nitrogen and oxygen atoms in total. The van der Waals surface area contributed by atoms with Crippen molar-refractivity contribution in [1.82, 2.24) is 5.32 Å². The summed E-state index contributed by atoms with van der Waals surface area (Å²) in [5, 5.41) is 12.1. The van der Waals surface area contributed by atoms with Crippen LogP contribution in [0.15, 0.2) is 24.3 Å². The summed E-state index contributed by atoms with van der Waals surface area (Å²) in [5.41, 5.74) is 0. The Labute approximate surface area is 126 Å². The number of amides is 1. The first kappa shape index (κ1) is 15.1. The van der Waals surface area contributed by atoms with Gasteiger partial charge in [0, 0.05) is 4.88 Å². The minimum Gasteiger partial charge on any atom is -0.481 e. The Kier molecular flexibility index (Phi) is 4.83. The van der Waals surface area contributed by atoms with E-state index in [2.05, 4.69) is 5.32 Å². The molecule has 2 rings (SSSR count). The van der Waals surface area contributed by atoms with Crippen LogP contribution >= 0.6 is 22.9 Å². The Morgan fingerprint density at radius 1 is 1.35 bits per heavy atom. The highest BCUT2D eigenvalue weighted by molar-refractivity contribution is 7.16. The molecule has 1 aliphatic carbocycles. The highest BCUT2D eigenvalue weighted by Crippen LogP contribution is 2.29. The van der Waals surface area contributed by atoms with Gasteiger partial charge in [0.1, 0.15) is 0 Å². The van der Waals surface area contributed by atoms with Crippen LogP contribution in [-0.2, 0) is 9.59 Å². The maximum Gasteiger partial charge on any atom is 0.307 e. The second-order valence-electron chi connectivity index (χ2n) is 4.87. The van der Waals surface area contributed by atoms with Gasteiger partial charge in [-0.1, -0.05) is 23.8 Å². The van der Waals surface area contributed by atoms with Crippen LogP contribution in [0.1, 0.15) is 30.7 Å². The topological polar surface area (TPSA) is 66.4 Å². The van der Waals surface area contributed by atoms with E-state index in [1.54, 1.807) is 6.07 Å². The molecule has 6 heteroatoms. The van der Waals surface area contributed by atoms with Crippen LogP contribution < -0.4 is 5.32 Å². The van der Waals surface area contributed by atoms with Crippen molar-refractivity contribution in [2.75, 3.05) is 0 Å². The molecule has 0 saturated heterocycles. The first-order valence-corrected chi connectivity index (χ1v) is 7.62. The summed E-state index contributed by atoms with van der Waals surface area (Å²) in [7, 11) is 0. The van der Waals surface area contributed by atoms with Crippen molar-refractivity contribution < 1.29 is 14.7 Å². The number of thiophene rings is 1. The van der Waals surface area contributed by atoms with Gasteiger partial charge in [-0.15, -0.1) is 11.3 Å². The highest BCUT2D eigenvalue weighted by atomic mass is 35.5. The van der Waals surface area contributed by atoms with Crippen LogP contribution in [0.2, 0.25) is 4.34 Å². The van der Waals surface area contributed by atoms with Gasteiger partial charge in [0.2, 0.25) is 5.91 Å². The molecule has 0 aromatic carbocycles. The molecular formula is C14H16ClNO3S. The van der Waals surface area contributed by atoms with Crippen molar-refractivity contribution in [2.24, 2.45) is 11.8 Å². The number of rotatable bonds is 4. The van der Waals surface area contributed by atoms with Crippen molar-refractivity contribution in [2.45, 2.75) is 25.8 Å². The summed E-state index contributed by atoms with van der Waals surface area (Å²) >= 11 is 7.29. The largest absolute Gasteiger partial charge is 0.481 e. The molecule has 0 spiro atoms. The molecule has 108 valence electrons. The van der Waals surface area contributed by atoms with E-state index in [-0.39, 0.29) is 11.9 Å². The lowest BCUT2D eigenvalue weighted by Crippen LogP contribution is -2.39. The van der Waals surface area contributed by atoms with Crippen molar-refractivity contribution in [3.63, 3.8) is 0 Å². The molecule has 0 bridgehead atoms. The number of hydrogen-bond donors (Lipinski definition) is 2. The molecule has 2 N–H and O–H groups in total. The van der Waals surface area contributed by atoms with E-state index >= 15 is 0 Å². The van der Waals surface area contributed by atoms with Crippen LogP contribution in [0.5, 0.6) is 0 Å². The number of nitrogens with one attached hydrogen (secondary N) is 1. The van der Waals surface area contributed by atoms with Gasteiger partial charge in [-0.25, -0.2) is 0 Å². The third-order valence-electron chi connectivity index (χ3n) is 3.47. The molecule has 1 aromatic heterocycles. The summed E-state index contributed by atoms with van der Waals surface area (Å²) in [6.07, 6.45) is 4.58. The first-order valence-electron chi connectivity index (χ1n) is 6.42. The number of allylic oxidation sites excluding steroid dienone is 2. The van der Waals surface area contributed by atoms with Crippen molar-refractivity contribution in [1.29, 1.82) is 0 Å². The predicted octanol–water partition coefficient (Wildman–Crippen LogP) is 3.25. The third kappa shape index (κ3) is 3.41. The molecule has 1 aliphatic rings. The molecule has 0 aliphatic heterocycles. The Morgan fingerprint density at radius 3 is 2.55 bits per heavy atom. The summed E-state index contributed by atoms with van der Waals surface area (Å²) in [6, 6.07) is 3.49. The lowest BCUT2D eigenvalue weighted by Gasteiger charge is -2.25. The van der Waals surface area contributed by atoms with Gasteiger partial charge >= 0.3 is 5.97 Å². The van der Waals surface area contributed by atoms with Gasteiger partial charge in [0.05, 0.1) is 22.2 Å². The number of halogens is 1. The average molecular weight is 314 g/mol. The number of hydrogen-bond acceptors (Lipinski definition) is 3. The molecule has 1 amide bonds. The minimum atomic E-state index is -0.915. The smallest absolute Gasteiger partial charge is 0.307 e. The van der Waals surface area contributed by atoms with Crippen molar-refractivity contribution in [3.05, 3.63) is 33.5 Å². The van der Waals surface area contributed by atoms with Crippen molar-refractivity contribution in [3.8, 4) is 0 Å². The molecule has 0 fully saturated rings. The number of carboxylic acids is 1. The zero-order valence-electron chi connectivity index (χ0n) is 11.0. The molecule has 3 unspecified atom stereocenters. The standard InChI is InChI=1S/C14H16ClNO3S/c1-8(11-6-7-12(15)20-11)16-13(17)9-4-2-3-5-10(9)14(18)19/h2-3,6-10H,4-5H2,1H3,(H,16,17)(H,18,19). The fourth-order valence-electron chi connectivity index (χ4n) is 2.33. The van der Waals surface area contributed by atoms with Gasteiger partial charge in [0.15, 0.2) is 0 Å². The van der Waals surface area contributed by atoms with Crippen LogP contribution in [0.4, 0.5) is 0 Å². The molecule has 3 atom stereocenters. The fourth-order valence-corrected chi connectivity index (χ4v) is 3.39. The molecular weight excluding hydrogens is 298 g/mol. The van der Waals surface area contributed by atoms with Crippen LogP contribution in [0.25, 0.3) is 0 Å². The van der Waals surface area contributed by atoms with Crippen LogP contribution in [0, 0.1) is 11.8 Å². The van der Waals surface area contributed by atoms with E-state index in [1.165, 1.54) is 11.3 Å². The molecule has 0 radical (unpaired) electrons. The van der Waals surface area contributed by atoms with E-state index in [0.29, 0.717) is 17.2 Å². The Hall–Kier alpha value is -1.33. The average Bonchev–Trinajstić information content (AvgIpc) is 2.85. The molecule has 20 heavy (non-hydrogen) atoms. The maximum absolute atomic E-state index is 12.3. The SMILES string of the molecule is CC(NC(=O)C1CC=CCC1C(=O)O)c1ccc(Cl)s1. The van der Waals surface area contributed by atoms with E-state index in [4.69, 9.17) is 11.6 Å². The van der Waals surface area contributed by atoms with Crippen LogP contribution in [-0.4, -0.2) is 17.0 Å². The van der Waals surface area contributed by atoms with Gasteiger partial charge in [-0.05, 0) is 31.9 Å². The quantitative estimate of drug-likeness (QED) is 0.839. The fraction of sp³-hybridized carbons (Fsp3) is 0.429. The highest BCUT2D eigenvalue weighted by Gasteiger charge is 2.34. The van der Waals surface area contributed by atoms with E-state index in [0.717, 1.165) is 4.88 Å². The number of carbonyl (C=O) groups excluding carboxylic acids is 1. The second kappa shape index (κ2) is 6.41. The maximum atomic E-state index is 12.3. The Morgan fingerprint density at radius 2 is 2.00 bits per heavy atom. The normalized spacial score (nSPS) is 23.3. The summed E-state index contributed by atoms with van der Waals surface area (Å²) in [5.74, 6) is -2.27. The van der Waals surface area contributed by atoms with Gasteiger partial charge < -0.3 is 10.4 Å². The Bertz CT molecular complexity index is 540. The molecule has 1 heterocycles. The first-order chi connectivity index (χ1) is 9.49. The monoisotopic (exact) mass is 313 g/mol. The van der Waals surface area contributed by atoms with Gasteiger partial charge in [-0.2, -0.15) is 0 Å². The van der Waals surface area contributed by atoms with E-state index in [9.17, 15) is 14.7 Å². The predicted molar refractivity (Wildman–Crippen MR) is 78.9 cm³/mol. The summed E-state index contributed by atoms with van der Waals surface area (Å²) in [6.45, 7) is 1.87. The van der Waals surface area contributed by atoms with Gasteiger partial charge in [-0.3, -0.25) is 9.59 Å². The summed E-state index contributed by atoms with van der Waals surface area (Å²) in [4.78, 5) is 24.4. The molecule has 0 saturated carbocycles. The lowest BCUT2D eigenvalue weighted by molar-refractivity contribution is -0.147. The third-order valence-corrected chi connectivity index (χ3v) is 4.88. The minimum absolute atomic E-state index is 0.166. The zero-order valence-corrected chi connectivity index (χ0v) is 12.6. The summed E-state index contributed by atoms with van der Waals surface area (Å²) < 4.78 is 0.671. The van der Waals surface area contributed by atoms with Gasteiger partial charge in [0.25, 0.3) is 0 Å². The lowest BCUT2D eigenvalue weighted by atomic mass is 9.82. The number of carboxylic acid groups (broad SMARTS) is 1.